The highest BCUT2D eigenvalue weighted by Crippen LogP contribution is 2.51. The SMILES string of the molecule is CC1(C)c2ccc(Nc3ccccc3)cc2-c2c1ccc1ccccc21. The second-order valence-corrected chi connectivity index (χ2v) is 7.59. The predicted molar refractivity (Wildman–Crippen MR) is 111 cm³/mol. The topological polar surface area (TPSA) is 12.0 Å². The summed E-state index contributed by atoms with van der Waals surface area (Å²) >= 11 is 0. The van der Waals surface area contributed by atoms with E-state index in [1.54, 1.807) is 0 Å². The molecule has 1 nitrogen and oxygen atoms in total. The van der Waals surface area contributed by atoms with Crippen LogP contribution in [0.5, 0.6) is 0 Å². The Morgan fingerprint density at radius 1 is 0.654 bits per heavy atom. The fourth-order valence-corrected chi connectivity index (χ4v) is 4.29. The average molecular weight is 335 g/mol. The molecule has 0 spiro atoms. The molecule has 4 aromatic carbocycles. The third kappa shape index (κ3) is 2.17. The molecule has 0 fully saturated rings. The number of para-hydroxylation sites is 1. The Labute approximate surface area is 154 Å². The van der Waals surface area contributed by atoms with Crippen molar-refractivity contribution in [2.24, 2.45) is 0 Å². The highest BCUT2D eigenvalue weighted by Gasteiger charge is 2.36. The molecular formula is C25H21N. The van der Waals surface area contributed by atoms with E-state index in [1.807, 2.05) is 6.07 Å². The van der Waals surface area contributed by atoms with Crippen molar-refractivity contribution in [3.63, 3.8) is 0 Å². The lowest BCUT2D eigenvalue weighted by Crippen LogP contribution is -2.14. The number of benzene rings is 4. The number of nitrogens with one attached hydrogen (secondary N) is 1. The van der Waals surface area contributed by atoms with Crippen molar-refractivity contribution in [3.8, 4) is 11.1 Å². The van der Waals surface area contributed by atoms with Crippen LogP contribution < -0.4 is 5.32 Å². The van der Waals surface area contributed by atoms with Crippen LogP contribution in [-0.2, 0) is 5.41 Å². The first kappa shape index (κ1) is 15.2. The van der Waals surface area contributed by atoms with E-state index in [0.717, 1.165) is 11.4 Å². The van der Waals surface area contributed by atoms with Gasteiger partial charge in [0, 0.05) is 16.8 Å². The van der Waals surface area contributed by atoms with Gasteiger partial charge in [-0.3, -0.25) is 0 Å². The first-order valence-corrected chi connectivity index (χ1v) is 9.14. The molecule has 0 aliphatic heterocycles. The number of anilines is 2. The van der Waals surface area contributed by atoms with E-state index in [9.17, 15) is 0 Å². The molecule has 0 unspecified atom stereocenters. The molecular weight excluding hydrogens is 314 g/mol. The summed E-state index contributed by atoms with van der Waals surface area (Å²) in [6.45, 7) is 4.66. The van der Waals surface area contributed by atoms with Crippen LogP contribution in [0.1, 0.15) is 25.0 Å². The van der Waals surface area contributed by atoms with Gasteiger partial charge in [0.2, 0.25) is 0 Å². The molecule has 1 N–H and O–H groups in total. The third-order valence-corrected chi connectivity index (χ3v) is 5.63. The molecule has 0 heterocycles. The Morgan fingerprint density at radius 2 is 1.38 bits per heavy atom. The van der Waals surface area contributed by atoms with Gasteiger partial charge >= 0.3 is 0 Å². The minimum absolute atomic E-state index is 0.0278. The summed E-state index contributed by atoms with van der Waals surface area (Å²) in [7, 11) is 0. The normalized spacial score (nSPS) is 14.1. The highest BCUT2D eigenvalue weighted by atomic mass is 14.9. The number of fused-ring (bicyclic) bond motifs is 5. The molecule has 0 saturated heterocycles. The molecule has 0 saturated carbocycles. The van der Waals surface area contributed by atoms with Gasteiger partial charge in [-0.1, -0.05) is 74.5 Å². The van der Waals surface area contributed by atoms with E-state index < -0.39 is 0 Å². The lowest BCUT2D eigenvalue weighted by Gasteiger charge is -2.21. The van der Waals surface area contributed by atoms with Crippen LogP contribution in [0.4, 0.5) is 11.4 Å². The first-order valence-electron chi connectivity index (χ1n) is 9.14. The van der Waals surface area contributed by atoms with Gasteiger partial charge in [-0.15, -0.1) is 0 Å². The molecule has 1 aliphatic rings. The predicted octanol–water partition coefficient (Wildman–Crippen LogP) is 6.89. The smallest absolute Gasteiger partial charge is 0.0390 e. The maximum atomic E-state index is 3.54. The second-order valence-electron chi connectivity index (χ2n) is 7.59. The Balaban J connectivity index is 1.72. The highest BCUT2D eigenvalue weighted by molar-refractivity contribution is 6.03. The van der Waals surface area contributed by atoms with Crippen molar-refractivity contribution in [1.82, 2.24) is 0 Å². The molecule has 1 heteroatoms. The number of hydrogen-bond donors (Lipinski definition) is 1. The molecule has 0 bridgehead atoms. The fraction of sp³-hybridized carbons (Fsp3) is 0.120. The van der Waals surface area contributed by atoms with E-state index >= 15 is 0 Å². The minimum atomic E-state index is 0.0278. The largest absolute Gasteiger partial charge is 0.356 e. The zero-order valence-corrected chi connectivity index (χ0v) is 15.1. The number of hydrogen-bond acceptors (Lipinski definition) is 1. The van der Waals surface area contributed by atoms with Gasteiger partial charge in [0.05, 0.1) is 0 Å². The van der Waals surface area contributed by atoms with Crippen LogP contribution in [0.3, 0.4) is 0 Å². The monoisotopic (exact) mass is 335 g/mol. The van der Waals surface area contributed by atoms with Crippen LogP contribution >= 0.6 is 0 Å². The summed E-state index contributed by atoms with van der Waals surface area (Å²) in [6, 6.07) is 30.4. The van der Waals surface area contributed by atoms with Gasteiger partial charge in [0.15, 0.2) is 0 Å². The second kappa shape index (κ2) is 5.47. The van der Waals surface area contributed by atoms with Gasteiger partial charge < -0.3 is 5.32 Å². The van der Waals surface area contributed by atoms with Crippen molar-refractivity contribution in [1.29, 1.82) is 0 Å². The Bertz CT molecular complexity index is 1120. The molecule has 0 aromatic heterocycles. The molecule has 26 heavy (non-hydrogen) atoms. The maximum Gasteiger partial charge on any atom is 0.0390 e. The molecule has 4 aromatic rings. The van der Waals surface area contributed by atoms with Crippen LogP contribution in [0.2, 0.25) is 0 Å². The molecule has 0 atom stereocenters. The van der Waals surface area contributed by atoms with Crippen molar-refractivity contribution >= 4 is 22.1 Å². The Hall–Kier alpha value is -3.06. The molecule has 0 radical (unpaired) electrons. The van der Waals surface area contributed by atoms with E-state index in [2.05, 4.69) is 98.0 Å². The molecule has 126 valence electrons. The molecule has 5 rings (SSSR count). The molecule has 1 aliphatic carbocycles. The van der Waals surface area contributed by atoms with Crippen molar-refractivity contribution in [2.45, 2.75) is 19.3 Å². The third-order valence-electron chi connectivity index (χ3n) is 5.63. The Kier molecular flexibility index (Phi) is 3.20. The van der Waals surface area contributed by atoms with Crippen LogP contribution in [0.15, 0.2) is 84.9 Å². The van der Waals surface area contributed by atoms with Crippen LogP contribution in [0.25, 0.3) is 21.9 Å². The quantitative estimate of drug-likeness (QED) is 0.420. The summed E-state index contributed by atoms with van der Waals surface area (Å²) in [4.78, 5) is 0. The van der Waals surface area contributed by atoms with Crippen molar-refractivity contribution < 1.29 is 0 Å². The fourth-order valence-electron chi connectivity index (χ4n) is 4.29. The van der Waals surface area contributed by atoms with Crippen LogP contribution in [0, 0.1) is 0 Å². The summed E-state index contributed by atoms with van der Waals surface area (Å²) in [5, 5.41) is 6.18. The summed E-state index contributed by atoms with van der Waals surface area (Å²) in [5.74, 6) is 0. The number of rotatable bonds is 2. The van der Waals surface area contributed by atoms with Crippen LogP contribution in [-0.4, -0.2) is 0 Å². The van der Waals surface area contributed by atoms with E-state index in [0.29, 0.717) is 0 Å². The zero-order chi connectivity index (χ0) is 17.7. The van der Waals surface area contributed by atoms with Crippen molar-refractivity contribution in [3.05, 3.63) is 96.1 Å². The lowest BCUT2D eigenvalue weighted by molar-refractivity contribution is 0.661. The van der Waals surface area contributed by atoms with Gasteiger partial charge in [0.1, 0.15) is 0 Å². The summed E-state index contributed by atoms with van der Waals surface area (Å²) in [5.41, 5.74) is 7.84. The minimum Gasteiger partial charge on any atom is -0.356 e. The molecule has 0 amide bonds. The first-order chi connectivity index (χ1) is 12.6. The maximum absolute atomic E-state index is 3.54. The van der Waals surface area contributed by atoms with Gasteiger partial charge in [-0.25, -0.2) is 0 Å². The zero-order valence-electron chi connectivity index (χ0n) is 15.1. The average Bonchev–Trinajstić information content (AvgIpc) is 2.90. The van der Waals surface area contributed by atoms with E-state index in [1.165, 1.54) is 33.0 Å². The van der Waals surface area contributed by atoms with Gasteiger partial charge in [0.25, 0.3) is 0 Å². The summed E-state index contributed by atoms with van der Waals surface area (Å²) in [6.07, 6.45) is 0. The van der Waals surface area contributed by atoms with Gasteiger partial charge in [-0.2, -0.15) is 0 Å². The summed E-state index contributed by atoms with van der Waals surface area (Å²) < 4.78 is 0. The lowest BCUT2D eigenvalue weighted by atomic mass is 9.82. The van der Waals surface area contributed by atoms with E-state index in [-0.39, 0.29) is 5.41 Å². The van der Waals surface area contributed by atoms with Gasteiger partial charge in [-0.05, 0) is 57.3 Å². The standard InChI is InChI=1S/C25H21N/c1-25(2)22-15-13-19(26-18-9-4-3-5-10-18)16-21(22)24-20-11-7-6-8-17(20)12-14-23(24)25/h3-16,26H,1-2H3. The van der Waals surface area contributed by atoms with E-state index in [4.69, 9.17) is 0 Å². The van der Waals surface area contributed by atoms with Crippen molar-refractivity contribution in [2.75, 3.05) is 5.32 Å². The Morgan fingerprint density at radius 3 is 2.23 bits per heavy atom.